The van der Waals surface area contributed by atoms with Crippen LogP contribution in [0.2, 0.25) is 5.15 Å². The molecule has 0 aliphatic carbocycles. The average Bonchev–Trinajstić information content (AvgIpc) is 2.84. The molecule has 0 saturated heterocycles. The van der Waals surface area contributed by atoms with Gasteiger partial charge in [-0.2, -0.15) is 0 Å². The number of aromatic amines is 1. The summed E-state index contributed by atoms with van der Waals surface area (Å²) in [5.74, 6) is 0.776. The van der Waals surface area contributed by atoms with E-state index in [9.17, 15) is 0 Å². The second-order valence-corrected chi connectivity index (χ2v) is 5.42. The smallest absolute Gasteiger partial charge is 0.172 e. The Morgan fingerprint density at radius 3 is 2.90 bits per heavy atom. The largest absolute Gasteiger partial charge is 0.497 e. The Hall–Kier alpha value is -1.92. The van der Waals surface area contributed by atoms with Crippen molar-refractivity contribution in [2.75, 3.05) is 12.8 Å². The van der Waals surface area contributed by atoms with Crippen molar-refractivity contribution < 1.29 is 4.74 Å². The molecule has 0 radical (unpaired) electrons. The average molecular weight is 307 g/mol. The number of hydrogen-bond donors (Lipinski definition) is 2. The molecule has 0 bridgehead atoms. The van der Waals surface area contributed by atoms with E-state index in [1.165, 1.54) is 11.8 Å². The van der Waals surface area contributed by atoms with E-state index in [-0.39, 0.29) is 0 Å². The minimum atomic E-state index is 0.402. The first-order valence-corrected chi connectivity index (χ1v) is 6.99. The number of ether oxygens (including phenoxy) is 1. The van der Waals surface area contributed by atoms with Crippen molar-refractivity contribution in [2.24, 2.45) is 0 Å². The zero-order chi connectivity index (χ0) is 14.1. The Balaban J connectivity index is 1.96. The number of nitrogens with two attached hydrogens (primary N) is 1. The number of aromatic nitrogens is 3. The van der Waals surface area contributed by atoms with Crippen LogP contribution in [0.3, 0.4) is 0 Å². The summed E-state index contributed by atoms with van der Waals surface area (Å²) in [5, 5.41) is 1.73. The van der Waals surface area contributed by atoms with E-state index in [1.807, 2.05) is 18.2 Å². The third-order valence-electron chi connectivity index (χ3n) is 2.72. The van der Waals surface area contributed by atoms with Gasteiger partial charge in [-0.15, -0.1) is 0 Å². The molecule has 3 N–H and O–H groups in total. The number of anilines is 1. The molecule has 0 amide bonds. The Morgan fingerprint density at radius 2 is 2.10 bits per heavy atom. The zero-order valence-electron chi connectivity index (χ0n) is 10.6. The van der Waals surface area contributed by atoms with Crippen LogP contribution < -0.4 is 10.5 Å². The first kappa shape index (κ1) is 13.1. The third-order valence-corrected chi connectivity index (χ3v) is 3.83. The number of H-pyrrole nitrogens is 1. The lowest BCUT2D eigenvalue weighted by atomic mass is 10.3. The van der Waals surface area contributed by atoms with Crippen molar-refractivity contribution in [2.45, 2.75) is 10.2 Å². The van der Waals surface area contributed by atoms with Gasteiger partial charge in [-0.05, 0) is 36.0 Å². The van der Waals surface area contributed by atoms with E-state index in [0.717, 1.165) is 16.8 Å². The highest BCUT2D eigenvalue weighted by Crippen LogP contribution is 2.31. The van der Waals surface area contributed by atoms with Crippen molar-refractivity contribution >= 4 is 40.1 Å². The highest BCUT2D eigenvalue weighted by molar-refractivity contribution is 7.99. The van der Waals surface area contributed by atoms with Gasteiger partial charge in [0.15, 0.2) is 5.16 Å². The van der Waals surface area contributed by atoms with E-state index < -0.39 is 0 Å². The van der Waals surface area contributed by atoms with Gasteiger partial charge in [-0.25, -0.2) is 9.97 Å². The van der Waals surface area contributed by atoms with Crippen LogP contribution in [0, 0.1) is 0 Å². The monoisotopic (exact) mass is 306 g/mol. The molecule has 0 spiro atoms. The Morgan fingerprint density at radius 1 is 1.25 bits per heavy atom. The highest BCUT2D eigenvalue weighted by atomic mass is 35.5. The van der Waals surface area contributed by atoms with Crippen LogP contribution in [0.25, 0.3) is 11.0 Å². The molecule has 3 rings (SSSR count). The summed E-state index contributed by atoms with van der Waals surface area (Å²) in [6.07, 6.45) is 0. The number of imidazole rings is 1. The maximum atomic E-state index is 5.87. The normalized spacial score (nSPS) is 10.9. The number of rotatable bonds is 3. The second kappa shape index (κ2) is 5.22. The third kappa shape index (κ3) is 2.52. The van der Waals surface area contributed by atoms with Gasteiger partial charge >= 0.3 is 0 Å². The summed E-state index contributed by atoms with van der Waals surface area (Å²) in [5.41, 5.74) is 8.19. The molecular weight excluding hydrogens is 296 g/mol. The van der Waals surface area contributed by atoms with Gasteiger partial charge in [0.25, 0.3) is 0 Å². The number of nitrogens with one attached hydrogen (secondary N) is 1. The topological polar surface area (TPSA) is 76.8 Å². The predicted molar refractivity (Wildman–Crippen MR) is 80.4 cm³/mol. The number of nitrogen functional groups attached to an aromatic ring is 1. The standard InChI is InChI=1S/C13H11ClN4OS/c1-19-7-2-4-9-10(6-7)17-13(16-9)20-12-8(15)3-5-11(14)18-12/h2-6H,15H2,1H3,(H,16,17). The number of hydrogen-bond acceptors (Lipinski definition) is 5. The number of benzene rings is 1. The summed E-state index contributed by atoms with van der Waals surface area (Å²) >= 11 is 7.21. The van der Waals surface area contributed by atoms with E-state index in [4.69, 9.17) is 22.1 Å². The molecule has 2 aromatic heterocycles. The number of nitrogens with zero attached hydrogens (tertiary/aromatic N) is 2. The number of methoxy groups -OCH3 is 1. The van der Waals surface area contributed by atoms with Gasteiger partial charge in [-0.1, -0.05) is 11.6 Å². The Kier molecular flexibility index (Phi) is 3.42. The molecule has 3 aromatic rings. The van der Waals surface area contributed by atoms with E-state index in [1.54, 1.807) is 19.2 Å². The fourth-order valence-corrected chi connectivity index (χ4v) is 2.76. The van der Waals surface area contributed by atoms with Crippen molar-refractivity contribution in [3.8, 4) is 5.75 Å². The van der Waals surface area contributed by atoms with Gasteiger partial charge in [0.2, 0.25) is 0 Å². The van der Waals surface area contributed by atoms with Crippen molar-refractivity contribution in [3.05, 3.63) is 35.5 Å². The number of pyridine rings is 1. The van der Waals surface area contributed by atoms with Gasteiger partial charge in [0, 0.05) is 6.07 Å². The van der Waals surface area contributed by atoms with Crippen LogP contribution in [0.5, 0.6) is 5.75 Å². The molecule has 0 aliphatic rings. The van der Waals surface area contributed by atoms with Crippen molar-refractivity contribution in [3.63, 3.8) is 0 Å². The minimum Gasteiger partial charge on any atom is -0.497 e. The fourth-order valence-electron chi connectivity index (χ4n) is 1.74. The lowest BCUT2D eigenvalue weighted by Gasteiger charge is -2.01. The molecule has 5 nitrogen and oxygen atoms in total. The van der Waals surface area contributed by atoms with Gasteiger partial charge in [0.1, 0.15) is 15.9 Å². The second-order valence-electron chi connectivity index (χ2n) is 4.06. The van der Waals surface area contributed by atoms with Crippen LogP contribution in [0.4, 0.5) is 5.69 Å². The molecule has 20 heavy (non-hydrogen) atoms. The zero-order valence-corrected chi connectivity index (χ0v) is 12.1. The maximum absolute atomic E-state index is 5.87. The molecule has 2 heterocycles. The summed E-state index contributed by atoms with van der Waals surface area (Å²) in [6, 6.07) is 9.03. The summed E-state index contributed by atoms with van der Waals surface area (Å²) in [4.78, 5) is 11.9. The molecule has 1 aromatic carbocycles. The Labute approximate surface area is 124 Å². The lowest BCUT2D eigenvalue weighted by molar-refractivity contribution is 0.415. The molecule has 0 saturated carbocycles. The first-order valence-electron chi connectivity index (χ1n) is 5.79. The lowest BCUT2D eigenvalue weighted by Crippen LogP contribution is -1.92. The summed E-state index contributed by atoms with van der Waals surface area (Å²) < 4.78 is 5.18. The first-order chi connectivity index (χ1) is 9.65. The summed E-state index contributed by atoms with van der Waals surface area (Å²) in [7, 11) is 1.63. The molecule has 0 aliphatic heterocycles. The van der Waals surface area contributed by atoms with Crippen LogP contribution in [-0.2, 0) is 0 Å². The molecule has 0 unspecified atom stereocenters. The van der Waals surface area contributed by atoms with Gasteiger partial charge < -0.3 is 15.5 Å². The van der Waals surface area contributed by atoms with Gasteiger partial charge in [0.05, 0.1) is 23.8 Å². The minimum absolute atomic E-state index is 0.402. The van der Waals surface area contributed by atoms with Crippen LogP contribution >= 0.6 is 23.4 Å². The van der Waals surface area contributed by atoms with Crippen molar-refractivity contribution in [1.29, 1.82) is 0 Å². The molecule has 0 fully saturated rings. The Bertz CT molecular complexity index is 774. The number of fused-ring (bicyclic) bond motifs is 1. The van der Waals surface area contributed by atoms with Crippen LogP contribution in [0.15, 0.2) is 40.5 Å². The van der Waals surface area contributed by atoms with Crippen molar-refractivity contribution in [1.82, 2.24) is 15.0 Å². The van der Waals surface area contributed by atoms with Gasteiger partial charge in [-0.3, -0.25) is 0 Å². The fraction of sp³-hybridized carbons (Fsp3) is 0.0769. The maximum Gasteiger partial charge on any atom is 0.172 e. The summed E-state index contributed by atoms with van der Waals surface area (Å²) in [6.45, 7) is 0. The quantitative estimate of drug-likeness (QED) is 0.726. The van der Waals surface area contributed by atoms with Crippen LogP contribution in [-0.4, -0.2) is 22.1 Å². The molecule has 7 heteroatoms. The van der Waals surface area contributed by atoms with E-state index in [0.29, 0.717) is 21.0 Å². The number of halogens is 1. The molecular formula is C13H11ClN4OS. The molecule has 102 valence electrons. The van der Waals surface area contributed by atoms with Crippen LogP contribution in [0.1, 0.15) is 0 Å². The SMILES string of the molecule is COc1ccc2nc(Sc3nc(Cl)ccc3N)[nH]c2c1. The molecule has 0 atom stereocenters. The van der Waals surface area contributed by atoms with E-state index in [2.05, 4.69) is 15.0 Å². The van der Waals surface area contributed by atoms with E-state index >= 15 is 0 Å². The highest BCUT2D eigenvalue weighted by Gasteiger charge is 2.09. The predicted octanol–water partition coefficient (Wildman–Crippen LogP) is 3.35.